The molecule has 2 fully saturated rings. The van der Waals surface area contributed by atoms with Crippen molar-refractivity contribution < 1.29 is 13.9 Å². The number of hydrogen-bond donors (Lipinski definition) is 3. The van der Waals surface area contributed by atoms with Crippen LogP contribution in [-0.2, 0) is 11.2 Å². The third-order valence-corrected chi connectivity index (χ3v) is 9.52. The lowest BCUT2D eigenvalue weighted by Crippen LogP contribution is -2.54. The van der Waals surface area contributed by atoms with Crippen LogP contribution in [-0.4, -0.2) is 99.3 Å². The average Bonchev–Trinajstić information content (AvgIpc) is 3.54. The summed E-state index contributed by atoms with van der Waals surface area (Å²) in [4.78, 5) is 33.3. The van der Waals surface area contributed by atoms with E-state index in [-0.39, 0.29) is 11.9 Å². The third-order valence-electron chi connectivity index (χ3n) is 9.29. The van der Waals surface area contributed by atoms with Crippen LogP contribution in [0.5, 0.6) is 0 Å². The molecule has 0 spiro atoms. The fourth-order valence-electron chi connectivity index (χ4n) is 7.43. The number of benzene rings is 1. The Bertz CT molecular complexity index is 1760. The number of ether oxygens (including phenoxy) is 1. The highest BCUT2D eigenvalue weighted by Crippen LogP contribution is 2.32. The molecule has 4 atom stereocenters. The molecule has 4 aromatic rings. The Balaban J connectivity index is 0.000000246. The number of pyridine rings is 2. The lowest BCUT2D eigenvalue weighted by atomic mass is 9.92. The molecule has 5 heterocycles. The van der Waals surface area contributed by atoms with Crippen molar-refractivity contribution in [3.8, 4) is 22.6 Å². The van der Waals surface area contributed by atoms with Crippen LogP contribution in [0, 0.1) is 17.7 Å². The van der Waals surface area contributed by atoms with Crippen LogP contribution in [0.4, 0.5) is 9.18 Å². The van der Waals surface area contributed by atoms with E-state index < -0.39 is 5.60 Å². The van der Waals surface area contributed by atoms with Gasteiger partial charge in [0.05, 0.1) is 28.7 Å². The van der Waals surface area contributed by atoms with E-state index in [1.165, 1.54) is 24.1 Å². The number of alkyl carbamates (subject to hydrolysis) is 1. The monoisotopic (exact) mass is 734 g/mol. The van der Waals surface area contributed by atoms with Crippen molar-refractivity contribution in [2.75, 3.05) is 45.8 Å². The molecule has 0 radical (unpaired) electrons. The van der Waals surface area contributed by atoms with Crippen LogP contribution in [0.25, 0.3) is 33.7 Å². The number of aryl methyl sites for hydroxylation is 1. The summed E-state index contributed by atoms with van der Waals surface area (Å²) in [7, 11) is 0. The van der Waals surface area contributed by atoms with Gasteiger partial charge in [0.25, 0.3) is 0 Å². The number of fused-ring (bicyclic) bond motifs is 1. The number of carbonyl (C=O) groups is 1. The number of carbonyl (C=O) groups excluding carboxylic acids is 1. The Morgan fingerprint density at radius 2 is 1.67 bits per heavy atom. The molecule has 0 aliphatic carbocycles. The van der Waals surface area contributed by atoms with Gasteiger partial charge in [-0.15, -0.1) is 0 Å². The minimum absolute atomic E-state index is 0.319. The van der Waals surface area contributed by atoms with Crippen molar-refractivity contribution in [3.63, 3.8) is 0 Å². The molecule has 0 saturated carbocycles. The van der Waals surface area contributed by atoms with Gasteiger partial charge in [-0.1, -0.05) is 25.4 Å². The number of H-pyrrole nitrogens is 1. The maximum atomic E-state index is 14.5. The molecule has 282 valence electrons. The Hall–Kier alpha value is -3.64. The highest BCUT2D eigenvalue weighted by molar-refractivity contribution is 6.30. The molecule has 3 aromatic heterocycles. The highest BCUT2D eigenvalue weighted by Gasteiger charge is 2.23. The Kier molecular flexibility index (Phi) is 13.6. The van der Waals surface area contributed by atoms with Gasteiger partial charge in [-0.2, -0.15) is 0 Å². The molecular weight excluding hydrogens is 679 g/mol. The zero-order valence-electron chi connectivity index (χ0n) is 31.8. The number of rotatable bonds is 9. The summed E-state index contributed by atoms with van der Waals surface area (Å²) >= 11 is 6.10. The summed E-state index contributed by atoms with van der Waals surface area (Å²) in [5.74, 6) is 1.14. The van der Waals surface area contributed by atoms with Crippen LogP contribution in [0.1, 0.15) is 66.9 Å². The van der Waals surface area contributed by atoms with Crippen LogP contribution in [0.15, 0.2) is 48.9 Å². The van der Waals surface area contributed by atoms with E-state index in [9.17, 15) is 9.18 Å². The van der Waals surface area contributed by atoms with Gasteiger partial charge in [-0.25, -0.2) is 19.2 Å². The van der Waals surface area contributed by atoms with E-state index in [1.807, 2.05) is 39.1 Å². The van der Waals surface area contributed by atoms with Crippen LogP contribution in [0.3, 0.4) is 0 Å². The summed E-state index contributed by atoms with van der Waals surface area (Å²) in [5.41, 5.74) is 4.54. The van der Waals surface area contributed by atoms with E-state index in [2.05, 4.69) is 69.1 Å². The van der Waals surface area contributed by atoms with Crippen molar-refractivity contribution >= 4 is 28.7 Å². The molecule has 2 aliphatic heterocycles. The topological polar surface area (TPSA) is 111 Å². The molecule has 2 saturated heterocycles. The summed E-state index contributed by atoms with van der Waals surface area (Å²) in [6.07, 6.45) is 6.51. The van der Waals surface area contributed by atoms with Crippen molar-refractivity contribution in [2.24, 2.45) is 11.8 Å². The van der Waals surface area contributed by atoms with E-state index in [4.69, 9.17) is 21.3 Å². The average molecular weight is 735 g/mol. The van der Waals surface area contributed by atoms with Gasteiger partial charge in [0.15, 0.2) is 0 Å². The molecule has 52 heavy (non-hydrogen) atoms. The number of halogens is 2. The first kappa shape index (κ1) is 39.6. The SMILES string of the molecule is C[C@@H]1CN(CCCc2cnc3ccc(-c4[nH]cnc4-c4cc(Cl)ccc4F)nc3c2)C[C@H](C)N1.C[C@@H]1C[C@H](C)CN(CCNC(=O)OC(C)(C)C)C1. The lowest BCUT2D eigenvalue weighted by molar-refractivity contribution is 0.0515. The molecule has 1 aromatic carbocycles. The van der Waals surface area contributed by atoms with Gasteiger partial charge in [0, 0.05) is 68.1 Å². The lowest BCUT2D eigenvalue weighted by Gasteiger charge is -2.36. The molecule has 6 rings (SSSR count). The Labute approximate surface area is 313 Å². The normalized spacial score (nSPS) is 21.4. The number of piperidine rings is 1. The molecular formula is C40H56ClFN8O2. The van der Waals surface area contributed by atoms with E-state index in [0.29, 0.717) is 46.3 Å². The second kappa shape index (κ2) is 17.9. The van der Waals surface area contributed by atoms with Crippen LogP contribution >= 0.6 is 11.6 Å². The van der Waals surface area contributed by atoms with Crippen molar-refractivity contribution in [2.45, 2.75) is 85.4 Å². The molecule has 10 nitrogen and oxygen atoms in total. The second-order valence-electron chi connectivity index (χ2n) is 15.8. The standard InChI is InChI=1S/C26H28ClFN6.C14H28N2O2/c1-16-13-34(14-17(2)32-16)9-3-4-18-10-24-22(29-12-18)7-8-23(33-24)26-25(30-15-31-26)20-11-19(27)5-6-21(20)28;1-11-8-12(2)10-16(9-11)7-6-15-13(17)18-14(3,4)5/h5-8,10-12,15-17,32H,3-4,9,13-14H2,1-2H3,(H,30,31);11-12H,6-10H2,1-5H3,(H,15,17)/t16-,17+;11-,12+. The van der Waals surface area contributed by atoms with Crippen LogP contribution in [0.2, 0.25) is 5.02 Å². The summed E-state index contributed by atoms with van der Waals surface area (Å²) < 4.78 is 19.7. The summed E-state index contributed by atoms with van der Waals surface area (Å²) in [6, 6.07) is 11.4. The number of aromatic amines is 1. The minimum atomic E-state index is -0.418. The van der Waals surface area contributed by atoms with E-state index in [0.717, 1.165) is 75.0 Å². The fraction of sp³-hybridized carbons (Fsp3) is 0.550. The third kappa shape index (κ3) is 11.7. The predicted molar refractivity (Wildman–Crippen MR) is 208 cm³/mol. The first-order valence-electron chi connectivity index (χ1n) is 18.6. The first-order valence-corrected chi connectivity index (χ1v) is 19.0. The second-order valence-corrected chi connectivity index (χ2v) is 16.2. The number of amides is 1. The van der Waals surface area contributed by atoms with Gasteiger partial charge < -0.3 is 30.2 Å². The summed E-state index contributed by atoms with van der Waals surface area (Å²) in [5, 5.41) is 6.85. The molecule has 2 aliphatic rings. The Morgan fingerprint density at radius 3 is 2.38 bits per heavy atom. The number of nitrogens with one attached hydrogen (secondary N) is 3. The van der Waals surface area contributed by atoms with Crippen molar-refractivity contribution in [1.29, 1.82) is 0 Å². The number of hydrogen-bond acceptors (Lipinski definition) is 8. The van der Waals surface area contributed by atoms with Crippen LogP contribution < -0.4 is 10.6 Å². The molecule has 1 amide bonds. The fourth-order valence-corrected chi connectivity index (χ4v) is 7.60. The smallest absolute Gasteiger partial charge is 0.407 e. The maximum Gasteiger partial charge on any atom is 0.407 e. The predicted octanol–water partition coefficient (Wildman–Crippen LogP) is 7.58. The van der Waals surface area contributed by atoms with Gasteiger partial charge in [0.1, 0.15) is 17.1 Å². The number of imidazole rings is 1. The Morgan fingerprint density at radius 1 is 0.962 bits per heavy atom. The van der Waals surface area contributed by atoms with E-state index >= 15 is 0 Å². The number of nitrogens with zero attached hydrogens (tertiary/aromatic N) is 5. The summed E-state index contributed by atoms with van der Waals surface area (Å²) in [6.45, 7) is 21.8. The molecule has 3 N–H and O–H groups in total. The molecule has 0 unspecified atom stereocenters. The number of aromatic nitrogens is 4. The zero-order valence-corrected chi connectivity index (χ0v) is 32.6. The van der Waals surface area contributed by atoms with Gasteiger partial charge in [-0.3, -0.25) is 4.98 Å². The van der Waals surface area contributed by atoms with Gasteiger partial charge in [0.2, 0.25) is 0 Å². The van der Waals surface area contributed by atoms with Crippen molar-refractivity contribution in [3.05, 3.63) is 65.3 Å². The molecule has 12 heteroatoms. The van der Waals surface area contributed by atoms with Gasteiger partial charge in [-0.05, 0) is 114 Å². The largest absolute Gasteiger partial charge is 0.444 e. The van der Waals surface area contributed by atoms with E-state index in [1.54, 1.807) is 12.4 Å². The quantitative estimate of drug-likeness (QED) is 0.162. The zero-order chi connectivity index (χ0) is 37.4. The maximum absolute atomic E-state index is 14.5. The first-order chi connectivity index (χ1) is 24.7. The highest BCUT2D eigenvalue weighted by atomic mass is 35.5. The van der Waals surface area contributed by atoms with Crippen molar-refractivity contribution in [1.82, 2.24) is 40.4 Å². The van der Waals surface area contributed by atoms with Gasteiger partial charge >= 0.3 is 6.09 Å². The number of piperazine rings is 1. The molecule has 0 bridgehead atoms. The number of likely N-dealkylation sites (tertiary alicyclic amines) is 1. The minimum Gasteiger partial charge on any atom is -0.444 e.